The highest BCUT2D eigenvalue weighted by Gasteiger charge is 2.42. The molecule has 0 bridgehead atoms. The van der Waals surface area contributed by atoms with Gasteiger partial charge in [-0.25, -0.2) is 4.39 Å². The van der Waals surface area contributed by atoms with E-state index in [0.717, 1.165) is 27.2 Å². The fourth-order valence-corrected chi connectivity index (χ4v) is 4.94. The first kappa shape index (κ1) is 20.8. The van der Waals surface area contributed by atoms with E-state index in [-0.39, 0.29) is 17.9 Å². The van der Waals surface area contributed by atoms with E-state index in [1.54, 1.807) is 19.2 Å². The van der Waals surface area contributed by atoms with Gasteiger partial charge in [-0.15, -0.1) is 0 Å². The Morgan fingerprint density at radius 2 is 1.88 bits per heavy atom. The summed E-state index contributed by atoms with van der Waals surface area (Å²) in [6, 6.07) is 22.9. The van der Waals surface area contributed by atoms with Crippen LogP contribution in [0.15, 0.2) is 89.7 Å². The van der Waals surface area contributed by atoms with Crippen LogP contribution >= 0.6 is 28.1 Å². The second-order valence-electron chi connectivity index (χ2n) is 7.71. The molecule has 4 aromatic rings. The van der Waals surface area contributed by atoms with Crippen molar-refractivity contribution >= 4 is 38.9 Å². The minimum Gasteiger partial charge on any atom is -0.351 e. The molecule has 1 aliphatic rings. The summed E-state index contributed by atoms with van der Waals surface area (Å²) in [6.45, 7) is 1.76. The van der Waals surface area contributed by atoms with Gasteiger partial charge in [0.1, 0.15) is 11.9 Å². The molecular weight excluding hydrogens is 487 g/mol. The quantitative estimate of drug-likeness (QED) is 0.331. The zero-order chi connectivity index (χ0) is 22.2. The lowest BCUT2D eigenvalue weighted by Gasteiger charge is -2.29. The van der Waals surface area contributed by atoms with Crippen molar-refractivity contribution in [3.05, 3.63) is 112 Å². The molecule has 1 fully saturated rings. The third-order valence-electron chi connectivity index (χ3n) is 5.69. The van der Waals surface area contributed by atoms with Gasteiger partial charge in [-0.1, -0.05) is 28.1 Å². The molecule has 5 rings (SSSR count). The molecule has 160 valence electrons. The Morgan fingerprint density at radius 1 is 1.00 bits per heavy atom. The van der Waals surface area contributed by atoms with Crippen LogP contribution in [0, 0.1) is 12.7 Å². The van der Waals surface area contributed by atoms with E-state index < -0.39 is 0 Å². The van der Waals surface area contributed by atoms with Crippen molar-refractivity contribution in [3.63, 3.8) is 0 Å². The fraction of sp³-hybridized carbons (Fsp3) is 0.120. The molecule has 1 aliphatic heterocycles. The number of nitrogens with zero attached hydrogens (tertiary/aromatic N) is 3. The molecule has 0 amide bonds. The highest BCUT2D eigenvalue weighted by Crippen LogP contribution is 2.42. The summed E-state index contributed by atoms with van der Waals surface area (Å²) < 4.78 is 17.2. The Bertz CT molecular complexity index is 1290. The van der Waals surface area contributed by atoms with Gasteiger partial charge in [0.05, 0.1) is 11.7 Å². The van der Waals surface area contributed by atoms with Crippen LogP contribution in [-0.4, -0.2) is 14.7 Å². The fourth-order valence-electron chi connectivity index (χ4n) is 4.21. The van der Waals surface area contributed by atoms with Gasteiger partial charge in [0.25, 0.3) is 0 Å². The van der Waals surface area contributed by atoms with Crippen LogP contribution in [0.3, 0.4) is 0 Å². The number of anilines is 1. The third kappa shape index (κ3) is 3.72. The van der Waals surface area contributed by atoms with Crippen molar-refractivity contribution in [3.8, 4) is 5.69 Å². The van der Waals surface area contributed by atoms with Crippen LogP contribution in [0.2, 0.25) is 0 Å². The number of thiocarbonyl (C=S) groups is 1. The Balaban J connectivity index is 1.68. The summed E-state index contributed by atoms with van der Waals surface area (Å²) in [5.74, 6) is -0.234. The number of benzene rings is 2. The lowest BCUT2D eigenvalue weighted by Crippen LogP contribution is -2.30. The van der Waals surface area contributed by atoms with E-state index in [0.29, 0.717) is 10.7 Å². The molecule has 2 unspecified atom stereocenters. The number of hydrogen-bond donors (Lipinski definition) is 1. The van der Waals surface area contributed by atoms with Gasteiger partial charge >= 0.3 is 0 Å². The molecule has 2 aromatic carbocycles. The van der Waals surface area contributed by atoms with Crippen LogP contribution in [0.1, 0.15) is 29.0 Å². The first-order valence-corrected chi connectivity index (χ1v) is 11.4. The molecule has 32 heavy (non-hydrogen) atoms. The molecule has 2 aromatic heterocycles. The van der Waals surface area contributed by atoms with Crippen molar-refractivity contribution < 1.29 is 4.39 Å². The lowest BCUT2D eigenvalue weighted by atomic mass is 10.0. The number of aromatic nitrogens is 2. The number of pyridine rings is 1. The molecule has 2 atom stereocenters. The van der Waals surface area contributed by atoms with E-state index in [1.165, 1.54) is 6.07 Å². The molecule has 3 heterocycles. The second-order valence-corrected chi connectivity index (χ2v) is 9.02. The predicted octanol–water partition coefficient (Wildman–Crippen LogP) is 6.26. The number of rotatable bonds is 4. The largest absolute Gasteiger partial charge is 0.351 e. The van der Waals surface area contributed by atoms with Gasteiger partial charge in [0.15, 0.2) is 5.11 Å². The van der Waals surface area contributed by atoms with Gasteiger partial charge in [-0.3, -0.25) is 4.98 Å². The van der Waals surface area contributed by atoms with Crippen molar-refractivity contribution in [2.75, 3.05) is 4.90 Å². The summed E-state index contributed by atoms with van der Waals surface area (Å²) in [5.41, 5.74) is 4.39. The van der Waals surface area contributed by atoms with E-state index in [1.807, 2.05) is 48.7 Å². The van der Waals surface area contributed by atoms with Gasteiger partial charge in [-0.05, 0) is 85.4 Å². The van der Waals surface area contributed by atoms with Crippen molar-refractivity contribution in [2.45, 2.75) is 19.0 Å². The van der Waals surface area contributed by atoms with Crippen molar-refractivity contribution in [1.29, 1.82) is 0 Å². The molecule has 0 aliphatic carbocycles. The van der Waals surface area contributed by atoms with Gasteiger partial charge in [-0.2, -0.15) is 0 Å². The smallest absolute Gasteiger partial charge is 0.174 e. The first-order valence-electron chi connectivity index (χ1n) is 10.2. The van der Waals surface area contributed by atoms with E-state index >= 15 is 0 Å². The molecular formula is C25H20BrFN4S. The first-order chi connectivity index (χ1) is 15.5. The SMILES string of the molecule is Cc1cc(N2C(=S)NC(c3ccccn3)C2c2cccn2-c2cccc(Br)c2)ccc1F. The maximum absolute atomic E-state index is 14.0. The Hall–Kier alpha value is -3.03. The Morgan fingerprint density at radius 3 is 2.62 bits per heavy atom. The topological polar surface area (TPSA) is 33.1 Å². The number of aryl methyl sites for hydroxylation is 1. The Kier molecular flexibility index (Phi) is 5.53. The lowest BCUT2D eigenvalue weighted by molar-refractivity contribution is 0.549. The minimum atomic E-state index is -0.234. The number of hydrogen-bond acceptors (Lipinski definition) is 2. The van der Waals surface area contributed by atoms with Gasteiger partial charge < -0.3 is 14.8 Å². The van der Waals surface area contributed by atoms with E-state index in [2.05, 4.69) is 53.9 Å². The third-order valence-corrected chi connectivity index (χ3v) is 6.50. The van der Waals surface area contributed by atoms with Crippen molar-refractivity contribution in [1.82, 2.24) is 14.9 Å². The molecule has 1 saturated heterocycles. The molecule has 0 radical (unpaired) electrons. The van der Waals surface area contributed by atoms with Crippen molar-refractivity contribution in [2.24, 2.45) is 0 Å². The standard InChI is InChI=1S/C25H20BrFN4S/c1-16-14-19(10-11-20(16)27)31-24(23(29-25(31)32)21-8-2-3-12-28-21)22-9-5-13-30(22)18-7-4-6-17(26)15-18/h2-15,23-24H,1H3,(H,29,32). The molecule has 0 saturated carbocycles. The van der Waals surface area contributed by atoms with Crippen LogP contribution in [0.4, 0.5) is 10.1 Å². The normalized spacial score (nSPS) is 18.1. The highest BCUT2D eigenvalue weighted by molar-refractivity contribution is 9.10. The van der Waals surface area contributed by atoms with Gasteiger partial charge in [0.2, 0.25) is 0 Å². The predicted molar refractivity (Wildman–Crippen MR) is 133 cm³/mol. The zero-order valence-electron chi connectivity index (χ0n) is 17.2. The number of nitrogens with one attached hydrogen (secondary N) is 1. The summed E-state index contributed by atoms with van der Waals surface area (Å²) in [5, 5.41) is 4.04. The Labute approximate surface area is 199 Å². The van der Waals surface area contributed by atoms with Crippen LogP contribution in [0.5, 0.6) is 0 Å². The van der Waals surface area contributed by atoms with Gasteiger partial charge in [0, 0.05) is 33.9 Å². The average molecular weight is 507 g/mol. The summed E-state index contributed by atoms with van der Waals surface area (Å²) >= 11 is 9.36. The van der Waals surface area contributed by atoms with Crippen LogP contribution in [0.25, 0.3) is 5.69 Å². The molecule has 7 heteroatoms. The summed E-state index contributed by atoms with van der Waals surface area (Å²) in [4.78, 5) is 6.67. The second kappa shape index (κ2) is 8.48. The number of halogens is 2. The molecule has 1 N–H and O–H groups in total. The molecule has 4 nitrogen and oxygen atoms in total. The minimum absolute atomic E-state index is 0.171. The maximum atomic E-state index is 14.0. The van der Waals surface area contributed by atoms with Crippen LogP contribution in [-0.2, 0) is 0 Å². The monoisotopic (exact) mass is 506 g/mol. The zero-order valence-corrected chi connectivity index (χ0v) is 19.6. The van der Waals surface area contributed by atoms with E-state index in [9.17, 15) is 4.39 Å². The molecule has 0 spiro atoms. The summed E-state index contributed by atoms with van der Waals surface area (Å²) in [7, 11) is 0. The van der Waals surface area contributed by atoms with E-state index in [4.69, 9.17) is 12.2 Å². The van der Waals surface area contributed by atoms with Crippen LogP contribution < -0.4 is 10.2 Å². The average Bonchev–Trinajstić information content (AvgIpc) is 3.40. The summed E-state index contributed by atoms with van der Waals surface area (Å²) in [6.07, 6.45) is 3.83. The highest BCUT2D eigenvalue weighted by atomic mass is 79.9. The maximum Gasteiger partial charge on any atom is 0.174 e.